The van der Waals surface area contributed by atoms with Gasteiger partial charge in [-0.1, -0.05) is 49.1 Å². The van der Waals surface area contributed by atoms with Crippen LogP contribution in [0.25, 0.3) is 0 Å². The molecule has 7 nitrogen and oxygen atoms in total. The number of Topliss-reactive ketones (excluding diaryl/α,β-unsaturated/α-hetero) is 1. The molecule has 3 aromatic rings. The fourth-order valence-electron chi connectivity index (χ4n) is 4.28. The monoisotopic (exact) mass is 487 g/mol. The quantitative estimate of drug-likeness (QED) is 0.289. The van der Waals surface area contributed by atoms with Crippen LogP contribution in [0.3, 0.4) is 0 Å². The standard InChI is InChI=1S/C29H29NO6/c1-4-17-35-22-14-12-21(18-24(22)34-5-2)26-25(27(31)23-13-11-19(3)36-23)28(32)29(33)30(26)16-15-20-9-7-6-8-10-20/h4,6-14,18,26,32H,1,5,15-17H2,2-3H3. The molecule has 0 fully saturated rings. The molecule has 1 N–H and O–H groups in total. The van der Waals surface area contributed by atoms with E-state index >= 15 is 0 Å². The van der Waals surface area contributed by atoms with Gasteiger partial charge in [-0.05, 0) is 55.7 Å². The molecule has 1 atom stereocenters. The number of aryl methyl sites for hydroxylation is 1. The molecule has 0 bridgehead atoms. The van der Waals surface area contributed by atoms with E-state index < -0.39 is 23.5 Å². The molecule has 1 aliphatic heterocycles. The minimum atomic E-state index is -0.827. The lowest BCUT2D eigenvalue weighted by Crippen LogP contribution is -2.33. The van der Waals surface area contributed by atoms with E-state index in [0.29, 0.717) is 49.0 Å². The van der Waals surface area contributed by atoms with E-state index in [1.807, 2.05) is 37.3 Å². The highest BCUT2D eigenvalue weighted by atomic mass is 16.5. The Balaban J connectivity index is 1.76. The zero-order valence-electron chi connectivity index (χ0n) is 20.4. The van der Waals surface area contributed by atoms with Gasteiger partial charge in [0.25, 0.3) is 5.91 Å². The summed E-state index contributed by atoms with van der Waals surface area (Å²) in [4.78, 5) is 28.2. The lowest BCUT2D eigenvalue weighted by molar-refractivity contribution is -0.129. The third kappa shape index (κ3) is 5.05. The maximum atomic E-state index is 13.5. The summed E-state index contributed by atoms with van der Waals surface area (Å²) in [6.07, 6.45) is 2.18. The van der Waals surface area contributed by atoms with Gasteiger partial charge in [0.1, 0.15) is 12.4 Å². The summed E-state index contributed by atoms with van der Waals surface area (Å²) >= 11 is 0. The highest BCUT2D eigenvalue weighted by Gasteiger charge is 2.44. The Labute approximate surface area is 210 Å². The van der Waals surface area contributed by atoms with Gasteiger partial charge in [-0.25, -0.2) is 0 Å². The molecule has 186 valence electrons. The van der Waals surface area contributed by atoms with Crippen LogP contribution >= 0.6 is 0 Å². The molecule has 1 amide bonds. The average Bonchev–Trinajstić information content (AvgIpc) is 3.43. The number of benzene rings is 2. The molecule has 7 heteroatoms. The number of hydrogen-bond acceptors (Lipinski definition) is 6. The van der Waals surface area contributed by atoms with Crippen LogP contribution in [-0.4, -0.2) is 41.5 Å². The predicted octanol–water partition coefficient (Wildman–Crippen LogP) is 5.37. The Hall–Kier alpha value is -4.26. The van der Waals surface area contributed by atoms with Crippen molar-refractivity contribution < 1.29 is 28.6 Å². The number of ether oxygens (including phenoxy) is 2. The second-order valence-corrected chi connectivity index (χ2v) is 8.38. The lowest BCUT2D eigenvalue weighted by Gasteiger charge is -2.27. The SMILES string of the molecule is C=CCOc1ccc(C2C(C(=O)c3ccc(C)o3)=C(O)C(=O)N2CCc2ccccc2)cc1OCC. The Morgan fingerprint density at radius 3 is 2.56 bits per heavy atom. The van der Waals surface area contributed by atoms with Crippen LogP contribution in [0.2, 0.25) is 0 Å². The summed E-state index contributed by atoms with van der Waals surface area (Å²) in [6, 6.07) is 17.4. The number of carbonyl (C=O) groups excluding carboxylic acids is 2. The molecule has 0 saturated heterocycles. The first kappa shape index (κ1) is 24.9. The molecule has 0 aliphatic carbocycles. The summed E-state index contributed by atoms with van der Waals surface area (Å²) in [5, 5.41) is 10.9. The van der Waals surface area contributed by atoms with Gasteiger partial charge in [0.05, 0.1) is 18.2 Å². The number of aliphatic hydroxyl groups is 1. The largest absolute Gasteiger partial charge is 0.503 e. The van der Waals surface area contributed by atoms with E-state index in [-0.39, 0.29) is 11.3 Å². The van der Waals surface area contributed by atoms with E-state index in [4.69, 9.17) is 13.9 Å². The predicted molar refractivity (Wildman–Crippen MR) is 135 cm³/mol. The van der Waals surface area contributed by atoms with E-state index in [1.54, 1.807) is 43.3 Å². The molecule has 0 radical (unpaired) electrons. The van der Waals surface area contributed by atoms with Gasteiger partial charge in [0, 0.05) is 6.54 Å². The van der Waals surface area contributed by atoms with Crippen molar-refractivity contribution in [3.8, 4) is 11.5 Å². The van der Waals surface area contributed by atoms with Crippen LogP contribution in [0.15, 0.2) is 89.1 Å². The van der Waals surface area contributed by atoms with Crippen LogP contribution in [0.4, 0.5) is 0 Å². The maximum absolute atomic E-state index is 13.5. The van der Waals surface area contributed by atoms with Crippen LogP contribution in [0.5, 0.6) is 11.5 Å². The smallest absolute Gasteiger partial charge is 0.290 e. The van der Waals surface area contributed by atoms with Crippen molar-refractivity contribution in [2.45, 2.75) is 26.3 Å². The van der Waals surface area contributed by atoms with Crippen molar-refractivity contribution in [1.82, 2.24) is 4.90 Å². The van der Waals surface area contributed by atoms with Crippen molar-refractivity contribution in [2.75, 3.05) is 19.8 Å². The Kier molecular flexibility index (Phi) is 7.59. The van der Waals surface area contributed by atoms with Gasteiger partial charge in [0.2, 0.25) is 5.78 Å². The number of ketones is 1. The third-order valence-electron chi connectivity index (χ3n) is 5.94. The number of aliphatic hydroxyl groups excluding tert-OH is 1. The first-order valence-electron chi connectivity index (χ1n) is 11.8. The molecule has 4 rings (SSSR count). The zero-order valence-corrected chi connectivity index (χ0v) is 20.4. The zero-order chi connectivity index (χ0) is 25.7. The van der Waals surface area contributed by atoms with E-state index in [1.165, 1.54) is 4.90 Å². The number of nitrogens with zero attached hydrogens (tertiary/aromatic N) is 1. The summed E-state index contributed by atoms with van der Waals surface area (Å²) in [7, 11) is 0. The van der Waals surface area contributed by atoms with Gasteiger partial charge in [-0.3, -0.25) is 9.59 Å². The van der Waals surface area contributed by atoms with Crippen molar-refractivity contribution in [1.29, 1.82) is 0 Å². The maximum Gasteiger partial charge on any atom is 0.290 e. The topological polar surface area (TPSA) is 89.2 Å². The second-order valence-electron chi connectivity index (χ2n) is 8.38. The summed E-state index contributed by atoms with van der Waals surface area (Å²) in [5.41, 5.74) is 1.62. The van der Waals surface area contributed by atoms with E-state index in [9.17, 15) is 14.7 Å². The fourth-order valence-corrected chi connectivity index (χ4v) is 4.28. The third-order valence-corrected chi connectivity index (χ3v) is 5.94. The van der Waals surface area contributed by atoms with Crippen LogP contribution < -0.4 is 9.47 Å². The Morgan fingerprint density at radius 1 is 1.11 bits per heavy atom. The van der Waals surface area contributed by atoms with Gasteiger partial charge >= 0.3 is 0 Å². The van der Waals surface area contributed by atoms with Gasteiger partial charge in [-0.15, -0.1) is 0 Å². The van der Waals surface area contributed by atoms with Gasteiger partial charge < -0.3 is 23.9 Å². The minimum Gasteiger partial charge on any atom is -0.503 e. The van der Waals surface area contributed by atoms with Crippen LogP contribution in [0, 0.1) is 6.92 Å². The number of hydrogen-bond donors (Lipinski definition) is 1. The number of furan rings is 1. The molecule has 0 saturated carbocycles. The minimum absolute atomic E-state index is 0.0235. The second kappa shape index (κ2) is 11.0. The van der Waals surface area contributed by atoms with Crippen LogP contribution in [0.1, 0.15) is 40.4 Å². The molecule has 1 aromatic heterocycles. The highest BCUT2D eigenvalue weighted by molar-refractivity contribution is 6.15. The van der Waals surface area contributed by atoms with E-state index in [2.05, 4.69) is 6.58 Å². The van der Waals surface area contributed by atoms with Gasteiger partial charge in [0.15, 0.2) is 23.0 Å². The highest BCUT2D eigenvalue weighted by Crippen LogP contribution is 2.42. The molecular formula is C29H29NO6. The molecule has 1 unspecified atom stereocenters. The van der Waals surface area contributed by atoms with Crippen LogP contribution in [-0.2, 0) is 11.2 Å². The summed E-state index contributed by atoms with van der Waals surface area (Å²) in [5.74, 6) is -0.103. The van der Waals surface area contributed by atoms with Crippen molar-refractivity contribution >= 4 is 11.7 Å². The van der Waals surface area contributed by atoms with Gasteiger partial charge in [-0.2, -0.15) is 0 Å². The molecular weight excluding hydrogens is 458 g/mol. The first-order chi connectivity index (χ1) is 17.4. The number of rotatable bonds is 11. The van der Waals surface area contributed by atoms with Crippen molar-refractivity contribution in [2.24, 2.45) is 0 Å². The number of amides is 1. The average molecular weight is 488 g/mol. The number of carbonyl (C=O) groups is 2. The molecule has 1 aliphatic rings. The molecule has 2 heterocycles. The van der Waals surface area contributed by atoms with Crippen molar-refractivity contribution in [3.05, 3.63) is 107 Å². The summed E-state index contributed by atoms with van der Waals surface area (Å²) < 4.78 is 17.0. The Bertz CT molecular complexity index is 1290. The van der Waals surface area contributed by atoms with Crippen molar-refractivity contribution in [3.63, 3.8) is 0 Å². The fraction of sp³-hybridized carbons (Fsp3) is 0.241. The van der Waals surface area contributed by atoms with E-state index in [0.717, 1.165) is 5.56 Å². The Morgan fingerprint density at radius 2 is 1.89 bits per heavy atom. The summed E-state index contributed by atoms with van der Waals surface area (Å²) in [6.45, 7) is 8.25. The normalized spacial score (nSPS) is 15.3. The molecule has 36 heavy (non-hydrogen) atoms. The molecule has 2 aromatic carbocycles. The molecule has 0 spiro atoms. The first-order valence-corrected chi connectivity index (χ1v) is 11.8. The lowest BCUT2D eigenvalue weighted by atomic mass is 9.94.